The van der Waals surface area contributed by atoms with Crippen molar-refractivity contribution in [3.63, 3.8) is 0 Å². The summed E-state index contributed by atoms with van der Waals surface area (Å²) >= 11 is 0. The van der Waals surface area contributed by atoms with Crippen LogP contribution in [0.4, 0.5) is 0 Å². The lowest BCUT2D eigenvalue weighted by Crippen LogP contribution is -3.06. The maximum absolute atomic E-state index is 12.5. The number of carbonyl (C=O) groups excluding carboxylic acids is 1. The molecule has 1 amide bonds. The van der Waals surface area contributed by atoms with Crippen molar-refractivity contribution in [2.75, 3.05) is 47.5 Å². The smallest absolute Gasteiger partial charge is 0.223 e. The topological polar surface area (TPSA) is 52.0 Å². The first-order valence-corrected chi connectivity index (χ1v) is 10.2. The molecule has 0 aliphatic heterocycles. The number of likely N-dealkylation sites (N-methyl/N-ethyl adjacent to an activating group) is 1. The largest absolute Gasteiger partial charge is 0.487 e. The van der Waals surface area contributed by atoms with E-state index in [0.717, 1.165) is 38.2 Å². The number of fused-ring (bicyclic) bond motifs is 1. The number of ether oxygens (including phenoxy) is 2. The number of hydrogen-bond acceptors (Lipinski definition) is 3. The van der Waals surface area contributed by atoms with Gasteiger partial charge in [0.05, 0.1) is 20.7 Å². The van der Waals surface area contributed by atoms with E-state index in [-0.39, 0.29) is 11.8 Å². The summed E-state index contributed by atoms with van der Waals surface area (Å²) in [5.74, 6) is 1.53. The first kappa shape index (κ1) is 21.7. The average Bonchev–Trinajstić information content (AvgIpc) is 2.64. The number of quaternary nitrogens is 1. The van der Waals surface area contributed by atoms with Crippen molar-refractivity contribution in [1.29, 1.82) is 0 Å². The van der Waals surface area contributed by atoms with E-state index in [0.29, 0.717) is 19.1 Å². The van der Waals surface area contributed by atoms with Gasteiger partial charge in [-0.3, -0.25) is 4.79 Å². The molecule has 0 bridgehead atoms. The Kier molecular flexibility index (Phi) is 8.11. The molecule has 1 aromatic rings. The number of rotatable bonds is 9. The third kappa shape index (κ3) is 5.69. The molecular weight excluding hydrogens is 340 g/mol. The van der Waals surface area contributed by atoms with Crippen molar-refractivity contribution >= 4 is 5.91 Å². The molecule has 0 saturated carbocycles. The summed E-state index contributed by atoms with van der Waals surface area (Å²) in [6.45, 7) is 9.25. The Balaban J connectivity index is 2.10. The Labute approximate surface area is 164 Å². The second-order valence-electron chi connectivity index (χ2n) is 8.15. The molecule has 0 aromatic heterocycles. The minimum Gasteiger partial charge on any atom is -0.487 e. The summed E-state index contributed by atoms with van der Waals surface area (Å²) in [4.78, 5) is 13.8. The minimum atomic E-state index is 0.0108. The van der Waals surface area contributed by atoms with Crippen molar-refractivity contribution in [3.8, 4) is 5.75 Å². The second kappa shape index (κ2) is 10.1. The van der Waals surface area contributed by atoms with Crippen LogP contribution in [0.15, 0.2) is 6.07 Å². The molecule has 0 heterocycles. The molecule has 2 rings (SSSR count). The summed E-state index contributed by atoms with van der Waals surface area (Å²) in [6, 6.07) is 2.19. The van der Waals surface area contributed by atoms with Crippen LogP contribution in [0.1, 0.15) is 35.6 Å². The molecule has 1 aliphatic carbocycles. The molecule has 152 valence electrons. The maximum Gasteiger partial charge on any atom is 0.223 e. The Bertz CT molecular complexity index is 643. The molecule has 0 radical (unpaired) electrons. The number of amides is 1. The summed E-state index contributed by atoms with van der Waals surface area (Å²) in [5.41, 5.74) is 5.43. The minimum absolute atomic E-state index is 0.0108. The van der Waals surface area contributed by atoms with E-state index in [9.17, 15) is 4.79 Å². The summed E-state index contributed by atoms with van der Waals surface area (Å²) in [7, 11) is 5.92. The second-order valence-corrected chi connectivity index (χ2v) is 8.15. The highest BCUT2D eigenvalue weighted by Crippen LogP contribution is 2.37. The van der Waals surface area contributed by atoms with Crippen LogP contribution in [0.3, 0.4) is 0 Å². The van der Waals surface area contributed by atoms with Gasteiger partial charge in [0.15, 0.2) is 0 Å². The molecule has 0 unspecified atom stereocenters. The van der Waals surface area contributed by atoms with E-state index in [2.05, 4.69) is 46.2 Å². The van der Waals surface area contributed by atoms with E-state index >= 15 is 0 Å². The van der Waals surface area contributed by atoms with Crippen molar-refractivity contribution in [2.45, 2.75) is 40.0 Å². The normalized spacial score (nSPS) is 17.5. The lowest BCUT2D eigenvalue weighted by Gasteiger charge is -2.31. The predicted molar refractivity (Wildman–Crippen MR) is 109 cm³/mol. The van der Waals surface area contributed by atoms with Crippen molar-refractivity contribution in [1.82, 2.24) is 5.32 Å². The number of hydrogen-bond donors (Lipinski definition) is 2. The summed E-state index contributed by atoms with van der Waals surface area (Å²) < 4.78 is 11.1. The fraction of sp³-hybridized carbons (Fsp3) is 0.682. The molecule has 27 heavy (non-hydrogen) atoms. The highest BCUT2D eigenvalue weighted by atomic mass is 16.5. The van der Waals surface area contributed by atoms with Gasteiger partial charge in [0.2, 0.25) is 5.91 Å². The van der Waals surface area contributed by atoms with Crippen molar-refractivity contribution in [3.05, 3.63) is 28.3 Å². The molecule has 0 saturated heterocycles. The lowest BCUT2D eigenvalue weighted by atomic mass is 9.74. The molecule has 2 atom stereocenters. The molecule has 0 spiro atoms. The van der Waals surface area contributed by atoms with Crippen LogP contribution in [-0.2, 0) is 22.4 Å². The molecule has 1 aromatic carbocycles. The van der Waals surface area contributed by atoms with Crippen molar-refractivity contribution < 1.29 is 19.2 Å². The van der Waals surface area contributed by atoms with Crippen LogP contribution in [0.2, 0.25) is 0 Å². The van der Waals surface area contributed by atoms with Gasteiger partial charge in [-0.1, -0.05) is 6.92 Å². The fourth-order valence-corrected chi connectivity index (χ4v) is 3.92. The first-order valence-electron chi connectivity index (χ1n) is 10.2. The van der Waals surface area contributed by atoms with Crippen LogP contribution >= 0.6 is 0 Å². The Morgan fingerprint density at radius 3 is 2.70 bits per heavy atom. The van der Waals surface area contributed by atoms with E-state index < -0.39 is 0 Å². The van der Waals surface area contributed by atoms with Crippen LogP contribution < -0.4 is 15.0 Å². The fourth-order valence-electron chi connectivity index (χ4n) is 3.92. The zero-order chi connectivity index (χ0) is 20.0. The number of nitrogens with one attached hydrogen (secondary N) is 2. The summed E-state index contributed by atoms with van der Waals surface area (Å²) in [6.07, 6.45) is 3.07. The molecule has 5 nitrogen and oxygen atoms in total. The van der Waals surface area contributed by atoms with Gasteiger partial charge in [0.1, 0.15) is 18.9 Å². The van der Waals surface area contributed by atoms with E-state index in [1.54, 1.807) is 7.11 Å². The quantitative estimate of drug-likeness (QED) is 0.639. The number of benzene rings is 1. The van der Waals surface area contributed by atoms with Crippen molar-refractivity contribution in [2.24, 2.45) is 11.8 Å². The van der Waals surface area contributed by atoms with Crippen LogP contribution in [0.5, 0.6) is 5.75 Å². The number of carbonyl (C=O) groups is 1. The average molecular weight is 378 g/mol. The third-order valence-electron chi connectivity index (χ3n) is 5.83. The predicted octanol–water partition coefficient (Wildman–Crippen LogP) is 1.33. The summed E-state index contributed by atoms with van der Waals surface area (Å²) in [5, 5.41) is 2.99. The standard InChI is InChI=1S/C22H36N2O3/c1-15-13-21(27-12-10-24(4)5)17(3)20-14-18(7-8-19(15)20)16(2)22(25)23-9-11-26-6/h13,16,18H,7-12,14H2,1-6H3,(H,23,25)/p+1/t16-,18+/m0/s1. The number of methoxy groups -OCH3 is 1. The maximum atomic E-state index is 12.5. The van der Waals surface area contributed by atoms with Crippen LogP contribution in [-0.4, -0.2) is 53.4 Å². The van der Waals surface area contributed by atoms with Gasteiger partial charge in [0.25, 0.3) is 0 Å². The van der Waals surface area contributed by atoms with E-state index in [4.69, 9.17) is 9.47 Å². The van der Waals surface area contributed by atoms with Gasteiger partial charge < -0.3 is 19.7 Å². The van der Waals surface area contributed by atoms with E-state index in [1.165, 1.54) is 27.2 Å². The molecule has 0 fully saturated rings. The van der Waals surface area contributed by atoms with Gasteiger partial charge in [0, 0.05) is 19.6 Å². The Morgan fingerprint density at radius 2 is 2.04 bits per heavy atom. The third-order valence-corrected chi connectivity index (χ3v) is 5.83. The molecular formula is C22H37N2O3+. The molecule has 5 heteroatoms. The van der Waals surface area contributed by atoms with E-state index in [1.807, 2.05) is 0 Å². The van der Waals surface area contributed by atoms with Gasteiger partial charge in [-0.15, -0.1) is 0 Å². The SMILES string of the molecule is COCCNC(=O)[C@@H](C)[C@@H]1CCc2c(C)cc(OCC[NH+](C)C)c(C)c2C1. The Morgan fingerprint density at radius 1 is 1.30 bits per heavy atom. The lowest BCUT2D eigenvalue weighted by molar-refractivity contribution is -0.858. The van der Waals surface area contributed by atoms with Gasteiger partial charge in [-0.05, 0) is 67.3 Å². The monoisotopic (exact) mass is 377 g/mol. The highest BCUT2D eigenvalue weighted by Gasteiger charge is 2.30. The zero-order valence-electron chi connectivity index (χ0n) is 17.9. The zero-order valence-corrected chi connectivity index (χ0v) is 17.9. The van der Waals surface area contributed by atoms with Crippen LogP contribution in [0, 0.1) is 25.7 Å². The first-order chi connectivity index (χ1) is 12.8. The molecule has 2 N–H and O–H groups in total. The number of aryl methyl sites for hydroxylation is 1. The molecule has 1 aliphatic rings. The Hall–Kier alpha value is -1.59. The highest BCUT2D eigenvalue weighted by molar-refractivity contribution is 5.78. The van der Waals surface area contributed by atoms with Crippen LogP contribution in [0.25, 0.3) is 0 Å². The van der Waals surface area contributed by atoms with Gasteiger partial charge in [-0.25, -0.2) is 0 Å². The van der Waals surface area contributed by atoms with Gasteiger partial charge in [-0.2, -0.15) is 0 Å². The van der Waals surface area contributed by atoms with Gasteiger partial charge >= 0.3 is 0 Å².